The van der Waals surface area contributed by atoms with Gasteiger partial charge in [-0.15, -0.1) is 0 Å². The van der Waals surface area contributed by atoms with Crippen molar-refractivity contribution < 1.29 is 13.2 Å². The molecule has 0 aliphatic heterocycles. The van der Waals surface area contributed by atoms with Gasteiger partial charge < -0.3 is 11.1 Å². The molecule has 2 aromatic rings. The number of hydrogen-bond acceptors (Lipinski definition) is 3. The van der Waals surface area contributed by atoms with Crippen LogP contribution in [-0.2, 0) is 12.7 Å². The van der Waals surface area contributed by atoms with Crippen molar-refractivity contribution in [2.75, 3.05) is 11.1 Å². The van der Waals surface area contributed by atoms with E-state index in [2.05, 4.69) is 5.32 Å². The van der Waals surface area contributed by atoms with E-state index in [1.807, 2.05) is 6.07 Å². The molecule has 0 bridgehead atoms. The molecule has 0 unspecified atom stereocenters. The van der Waals surface area contributed by atoms with Crippen molar-refractivity contribution in [1.29, 1.82) is 5.26 Å². The van der Waals surface area contributed by atoms with Crippen molar-refractivity contribution in [2.24, 2.45) is 0 Å². The van der Waals surface area contributed by atoms with Gasteiger partial charge in [0.25, 0.3) is 0 Å². The molecule has 2 aromatic carbocycles. The minimum absolute atomic E-state index is 0.300. The Morgan fingerprint density at radius 2 is 1.76 bits per heavy atom. The quantitative estimate of drug-likeness (QED) is 0.846. The first-order valence-corrected chi connectivity index (χ1v) is 6.10. The molecule has 0 saturated heterocycles. The molecule has 0 spiro atoms. The smallest absolute Gasteiger partial charge is 0.398 e. The minimum atomic E-state index is -4.48. The third kappa shape index (κ3) is 3.66. The van der Waals surface area contributed by atoms with Crippen LogP contribution in [0.5, 0.6) is 0 Å². The Kier molecular flexibility index (Phi) is 4.03. The van der Waals surface area contributed by atoms with Crippen molar-refractivity contribution in [3.05, 3.63) is 59.2 Å². The molecule has 0 aromatic heterocycles. The molecule has 2 rings (SSSR count). The van der Waals surface area contributed by atoms with Gasteiger partial charge in [0.05, 0.1) is 17.2 Å². The molecule has 3 N–H and O–H groups in total. The second-order valence-corrected chi connectivity index (χ2v) is 4.46. The molecule has 0 radical (unpaired) electrons. The number of alkyl halides is 3. The number of nitriles is 1. The lowest BCUT2D eigenvalue weighted by molar-refractivity contribution is -0.136. The van der Waals surface area contributed by atoms with Crippen molar-refractivity contribution in [1.82, 2.24) is 0 Å². The summed E-state index contributed by atoms with van der Waals surface area (Å²) in [5.41, 5.74) is 5.91. The fraction of sp³-hybridized carbons (Fsp3) is 0.133. The van der Waals surface area contributed by atoms with Gasteiger partial charge in [-0.2, -0.15) is 18.4 Å². The van der Waals surface area contributed by atoms with E-state index in [1.54, 1.807) is 24.3 Å². The van der Waals surface area contributed by atoms with E-state index in [4.69, 9.17) is 11.0 Å². The summed E-state index contributed by atoms with van der Waals surface area (Å²) >= 11 is 0. The Labute approximate surface area is 119 Å². The lowest BCUT2D eigenvalue weighted by Crippen LogP contribution is -2.10. The summed E-state index contributed by atoms with van der Waals surface area (Å²) in [5.74, 6) is 0. The molecule has 3 nitrogen and oxygen atoms in total. The van der Waals surface area contributed by atoms with Crippen LogP contribution in [0, 0.1) is 11.3 Å². The van der Waals surface area contributed by atoms with Crippen LogP contribution >= 0.6 is 0 Å². The van der Waals surface area contributed by atoms with E-state index in [0.29, 0.717) is 17.8 Å². The Morgan fingerprint density at radius 3 is 2.33 bits per heavy atom. The average molecular weight is 291 g/mol. The number of benzene rings is 2. The van der Waals surface area contributed by atoms with Crippen LogP contribution in [-0.4, -0.2) is 0 Å². The Hall–Kier alpha value is -2.68. The van der Waals surface area contributed by atoms with Crippen molar-refractivity contribution in [3.8, 4) is 6.07 Å². The van der Waals surface area contributed by atoms with Crippen LogP contribution in [0.4, 0.5) is 24.5 Å². The van der Waals surface area contributed by atoms with E-state index in [0.717, 1.165) is 11.6 Å². The van der Waals surface area contributed by atoms with Gasteiger partial charge in [-0.1, -0.05) is 12.1 Å². The summed E-state index contributed by atoms with van der Waals surface area (Å²) in [6.45, 7) is 0.354. The monoisotopic (exact) mass is 291 g/mol. The molecule has 108 valence electrons. The lowest BCUT2D eigenvalue weighted by Gasteiger charge is -2.13. The standard InChI is InChI=1S/C15H12F3N3/c16-15(17,18)13-7-12(5-6-14(13)20)21-9-11-3-1-10(8-19)2-4-11/h1-7,21H,9,20H2. The predicted molar refractivity (Wildman–Crippen MR) is 74.3 cm³/mol. The minimum Gasteiger partial charge on any atom is -0.398 e. The molecular weight excluding hydrogens is 279 g/mol. The van der Waals surface area contributed by atoms with Gasteiger partial charge in [-0.3, -0.25) is 0 Å². The number of hydrogen-bond donors (Lipinski definition) is 2. The van der Waals surface area contributed by atoms with Crippen LogP contribution in [0.2, 0.25) is 0 Å². The van der Waals surface area contributed by atoms with Crippen LogP contribution < -0.4 is 11.1 Å². The Balaban J connectivity index is 2.11. The highest BCUT2D eigenvalue weighted by Gasteiger charge is 2.33. The maximum absolute atomic E-state index is 12.7. The molecule has 6 heteroatoms. The molecule has 0 saturated carbocycles. The fourth-order valence-corrected chi connectivity index (χ4v) is 1.81. The molecule has 0 heterocycles. The lowest BCUT2D eigenvalue weighted by atomic mass is 10.1. The molecular formula is C15H12F3N3. The van der Waals surface area contributed by atoms with Crippen LogP contribution in [0.3, 0.4) is 0 Å². The topological polar surface area (TPSA) is 61.8 Å². The molecule has 0 fully saturated rings. The second kappa shape index (κ2) is 5.75. The zero-order valence-electron chi connectivity index (χ0n) is 10.9. The zero-order valence-corrected chi connectivity index (χ0v) is 10.9. The molecule has 0 amide bonds. The fourth-order valence-electron chi connectivity index (χ4n) is 1.81. The number of nitrogens with one attached hydrogen (secondary N) is 1. The Morgan fingerprint density at radius 1 is 1.10 bits per heavy atom. The summed E-state index contributed by atoms with van der Waals surface area (Å²) in [6, 6.07) is 12.5. The van der Waals surface area contributed by atoms with Crippen molar-refractivity contribution in [2.45, 2.75) is 12.7 Å². The predicted octanol–water partition coefficient (Wildman–Crippen LogP) is 3.77. The van der Waals surface area contributed by atoms with E-state index in [-0.39, 0.29) is 5.69 Å². The van der Waals surface area contributed by atoms with Crippen LogP contribution in [0.15, 0.2) is 42.5 Å². The first-order valence-electron chi connectivity index (χ1n) is 6.10. The first-order chi connectivity index (χ1) is 9.90. The van der Waals surface area contributed by atoms with Gasteiger partial charge in [0.15, 0.2) is 0 Å². The molecule has 0 aliphatic carbocycles. The van der Waals surface area contributed by atoms with Gasteiger partial charge in [0.2, 0.25) is 0 Å². The van der Waals surface area contributed by atoms with Gasteiger partial charge in [-0.25, -0.2) is 0 Å². The van der Waals surface area contributed by atoms with Gasteiger partial charge in [0, 0.05) is 17.9 Å². The van der Waals surface area contributed by atoms with Gasteiger partial charge in [-0.05, 0) is 35.9 Å². The van der Waals surface area contributed by atoms with Crippen LogP contribution in [0.25, 0.3) is 0 Å². The van der Waals surface area contributed by atoms with E-state index >= 15 is 0 Å². The summed E-state index contributed by atoms with van der Waals surface area (Å²) in [4.78, 5) is 0. The maximum atomic E-state index is 12.7. The summed E-state index contributed by atoms with van der Waals surface area (Å²) in [5, 5.41) is 11.6. The number of nitrogen functional groups attached to an aromatic ring is 1. The van der Waals surface area contributed by atoms with Crippen molar-refractivity contribution >= 4 is 11.4 Å². The summed E-state index contributed by atoms with van der Waals surface area (Å²) < 4.78 is 38.2. The average Bonchev–Trinajstić information content (AvgIpc) is 2.45. The highest BCUT2D eigenvalue weighted by Crippen LogP contribution is 2.35. The molecule has 0 aliphatic rings. The van der Waals surface area contributed by atoms with E-state index < -0.39 is 11.7 Å². The number of anilines is 2. The highest BCUT2D eigenvalue weighted by atomic mass is 19.4. The zero-order chi connectivity index (χ0) is 15.5. The van der Waals surface area contributed by atoms with Crippen molar-refractivity contribution in [3.63, 3.8) is 0 Å². The normalized spacial score (nSPS) is 11.0. The number of nitrogens with two attached hydrogens (primary N) is 1. The third-order valence-electron chi connectivity index (χ3n) is 2.94. The van der Waals surface area contributed by atoms with Crippen LogP contribution in [0.1, 0.15) is 16.7 Å². The summed E-state index contributed by atoms with van der Waals surface area (Å²) in [6.07, 6.45) is -4.48. The van der Waals surface area contributed by atoms with Gasteiger partial charge >= 0.3 is 6.18 Å². The number of rotatable bonds is 3. The second-order valence-electron chi connectivity index (χ2n) is 4.46. The van der Waals surface area contributed by atoms with Gasteiger partial charge in [0.1, 0.15) is 0 Å². The van der Waals surface area contributed by atoms with E-state index in [1.165, 1.54) is 12.1 Å². The highest BCUT2D eigenvalue weighted by molar-refractivity contribution is 5.58. The third-order valence-corrected chi connectivity index (χ3v) is 2.94. The largest absolute Gasteiger partial charge is 0.418 e. The maximum Gasteiger partial charge on any atom is 0.418 e. The SMILES string of the molecule is N#Cc1ccc(CNc2ccc(N)c(C(F)(F)F)c2)cc1. The molecule has 0 atom stereocenters. The summed E-state index contributed by atoms with van der Waals surface area (Å²) in [7, 11) is 0. The van der Waals surface area contributed by atoms with E-state index in [9.17, 15) is 13.2 Å². The Bertz CT molecular complexity index is 670. The number of nitrogens with zero attached hydrogens (tertiary/aromatic N) is 1. The number of halogens is 3. The molecule has 21 heavy (non-hydrogen) atoms. The first kappa shape index (κ1) is 14.7.